The maximum Gasteiger partial charge on any atom is 0.227 e. The van der Waals surface area contributed by atoms with Crippen molar-refractivity contribution in [2.45, 2.75) is 12.8 Å². The number of hydrogen-bond acceptors (Lipinski definition) is 5. The number of rotatable bonds is 4. The van der Waals surface area contributed by atoms with Gasteiger partial charge in [0.2, 0.25) is 5.91 Å². The highest BCUT2D eigenvalue weighted by Crippen LogP contribution is 2.30. The van der Waals surface area contributed by atoms with Gasteiger partial charge in [0, 0.05) is 17.3 Å². The highest BCUT2D eigenvalue weighted by Gasteiger charge is 2.29. The minimum absolute atomic E-state index is 0.0181. The molecule has 1 amide bonds. The van der Waals surface area contributed by atoms with Crippen LogP contribution in [0.5, 0.6) is 0 Å². The summed E-state index contributed by atoms with van der Waals surface area (Å²) in [6.45, 7) is 0. The molecule has 0 spiro atoms. The van der Waals surface area contributed by atoms with E-state index in [4.69, 9.17) is 15.8 Å². The van der Waals surface area contributed by atoms with E-state index in [1.165, 1.54) is 0 Å². The molecule has 6 nitrogen and oxygen atoms in total. The molecule has 102 valence electrons. The third-order valence-electron chi connectivity index (χ3n) is 2.96. The zero-order valence-corrected chi connectivity index (χ0v) is 11.1. The van der Waals surface area contributed by atoms with Gasteiger partial charge < -0.3 is 10.6 Å². The lowest BCUT2D eigenvalue weighted by Crippen LogP contribution is -2.13. The van der Waals surface area contributed by atoms with Gasteiger partial charge >= 0.3 is 0 Å². The summed E-state index contributed by atoms with van der Waals surface area (Å²) in [6.07, 6.45) is 1.87. The Labute approximate surface area is 121 Å². The third kappa shape index (κ3) is 3.59. The van der Waals surface area contributed by atoms with Gasteiger partial charge in [0.15, 0.2) is 5.57 Å². The summed E-state index contributed by atoms with van der Waals surface area (Å²) in [5, 5.41) is 31.9. The number of allylic oxidation sites excluding steroid dienone is 2. The molecule has 1 saturated carbocycles. The van der Waals surface area contributed by atoms with E-state index in [0.717, 1.165) is 12.8 Å². The molecular weight excluding hydrogens is 266 g/mol. The van der Waals surface area contributed by atoms with Crippen molar-refractivity contribution >= 4 is 17.3 Å². The van der Waals surface area contributed by atoms with Crippen molar-refractivity contribution in [1.29, 1.82) is 15.8 Å². The second-order valence-corrected chi connectivity index (χ2v) is 4.55. The lowest BCUT2D eigenvalue weighted by molar-refractivity contribution is -0.117. The fraction of sp³-hybridized carbons (Fsp3) is 0.200. The van der Waals surface area contributed by atoms with E-state index in [0.29, 0.717) is 11.4 Å². The topological polar surface area (TPSA) is 112 Å². The van der Waals surface area contributed by atoms with Crippen LogP contribution in [0, 0.1) is 39.9 Å². The van der Waals surface area contributed by atoms with Crippen LogP contribution in [-0.4, -0.2) is 5.91 Å². The molecule has 0 aromatic heterocycles. The molecule has 0 bridgehead atoms. The van der Waals surface area contributed by atoms with Crippen LogP contribution in [0.25, 0.3) is 0 Å². The van der Waals surface area contributed by atoms with Gasteiger partial charge in [0.1, 0.15) is 23.9 Å². The number of carbonyl (C=O) groups excluding carboxylic acids is 1. The van der Waals surface area contributed by atoms with Gasteiger partial charge in [-0.2, -0.15) is 15.8 Å². The molecule has 0 unspecified atom stereocenters. The molecule has 1 aromatic carbocycles. The number of benzene rings is 1. The van der Waals surface area contributed by atoms with Crippen LogP contribution in [0.15, 0.2) is 35.5 Å². The molecule has 1 aliphatic carbocycles. The first kappa shape index (κ1) is 14.1. The summed E-state index contributed by atoms with van der Waals surface area (Å²) < 4.78 is 0. The fourth-order valence-corrected chi connectivity index (χ4v) is 1.65. The third-order valence-corrected chi connectivity index (χ3v) is 2.96. The number of carbonyl (C=O) groups is 1. The van der Waals surface area contributed by atoms with Crippen molar-refractivity contribution in [2.24, 2.45) is 5.92 Å². The van der Waals surface area contributed by atoms with Crippen molar-refractivity contribution < 1.29 is 4.79 Å². The van der Waals surface area contributed by atoms with Crippen LogP contribution in [0.3, 0.4) is 0 Å². The normalized spacial score (nSPS) is 12.2. The van der Waals surface area contributed by atoms with Gasteiger partial charge in [-0.15, -0.1) is 0 Å². The summed E-state index contributed by atoms with van der Waals surface area (Å²) in [5.74, 6) is 0.148. The van der Waals surface area contributed by atoms with Crippen LogP contribution in [0.2, 0.25) is 0 Å². The molecular formula is C15H11N5O. The molecule has 1 fully saturated rings. The van der Waals surface area contributed by atoms with Crippen LogP contribution in [0.1, 0.15) is 12.8 Å². The first-order valence-electron chi connectivity index (χ1n) is 6.30. The average molecular weight is 277 g/mol. The summed E-state index contributed by atoms with van der Waals surface area (Å²) in [7, 11) is 0. The Kier molecular flexibility index (Phi) is 4.19. The predicted octanol–water partition coefficient (Wildman–Crippen LogP) is 2.27. The zero-order valence-electron chi connectivity index (χ0n) is 11.1. The number of nitrogens with one attached hydrogen (secondary N) is 2. The Balaban J connectivity index is 2.07. The largest absolute Gasteiger partial charge is 0.345 e. The molecule has 1 aromatic rings. The molecule has 0 aliphatic heterocycles. The molecule has 21 heavy (non-hydrogen) atoms. The van der Waals surface area contributed by atoms with Crippen LogP contribution in [-0.2, 0) is 4.79 Å². The van der Waals surface area contributed by atoms with Crippen molar-refractivity contribution in [2.75, 3.05) is 10.6 Å². The van der Waals surface area contributed by atoms with Gasteiger partial charge in [-0.05, 0) is 37.1 Å². The van der Waals surface area contributed by atoms with Crippen LogP contribution < -0.4 is 10.6 Å². The van der Waals surface area contributed by atoms with E-state index in [1.807, 2.05) is 0 Å². The Bertz CT molecular complexity index is 692. The lowest BCUT2D eigenvalue weighted by Gasteiger charge is -2.07. The Hall–Kier alpha value is -3.30. The van der Waals surface area contributed by atoms with Gasteiger partial charge in [-0.25, -0.2) is 0 Å². The SMILES string of the molecule is N#CC(C#N)=C(C#N)Nc1ccc(NC(=O)C2CC2)cc1. The van der Waals surface area contributed by atoms with Crippen molar-refractivity contribution in [3.63, 3.8) is 0 Å². The number of nitrogens with zero attached hydrogens (tertiary/aromatic N) is 3. The Morgan fingerprint density at radius 1 is 0.952 bits per heavy atom. The second kappa shape index (κ2) is 6.23. The first-order chi connectivity index (χ1) is 10.2. The quantitative estimate of drug-likeness (QED) is 0.820. The van der Waals surface area contributed by atoms with Gasteiger partial charge in [-0.3, -0.25) is 4.79 Å². The van der Waals surface area contributed by atoms with E-state index >= 15 is 0 Å². The summed E-state index contributed by atoms with van der Waals surface area (Å²) in [4.78, 5) is 11.6. The van der Waals surface area contributed by atoms with Crippen LogP contribution in [0.4, 0.5) is 11.4 Å². The molecule has 0 atom stereocenters. The molecule has 6 heteroatoms. The molecule has 2 rings (SSSR count). The second-order valence-electron chi connectivity index (χ2n) is 4.55. The van der Waals surface area contributed by atoms with Crippen molar-refractivity contribution in [3.05, 3.63) is 35.5 Å². The minimum atomic E-state index is -0.274. The van der Waals surface area contributed by atoms with E-state index in [-0.39, 0.29) is 23.1 Å². The van der Waals surface area contributed by atoms with Gasteiger partial charge in [0.25, 0.3) is 0 Å². The monoisotopic (exact) mass is 277 g/mol. The van der Waals surface area contributed by atoms with Crippen molar-refractivity contribution in [1.82, 2.24) is 0 Å². The van der Waals surface area contributed by atoms with E-state index in [9.17, 15) is 4.79 Å². The van der Waals surface area contributed by atoms with E-state index in [2.05, 4.69) is 10.6 Å². The highest BCUT2D eigenvalue weighted by molar-refractivity contribution is 5.94. The fourth-order valence-electron chi connectivity index (χ4n) is 1.65. The highest BCUT2D eigenvalue weighted by atomic mass is 16.2. The lowest BCUT2D eigenvalue weighted by atomic mass is 10.2. The predicted molar refractivity (Wildman–Crippen MR) is 75.3 cm³/mol. The summed E-state index contributed by atoms with van der Waals surface area (Å²) in [6, 6.07) is 11.8. The van der Waals surface area contributed by atoms with Crippen molar-refractivity contribution in [3.8, 4) is 18.2 Å². The smallest absolute Gasteiger partial charge is 0.227 e. The molecule has 0 heterocycles. The first-order valence-corrected chi connectivity index (χ1v) is 6.30. The maximum atomic E-state index is 11.6. The molecule has 0 radical (unpaired) electrons. The molecule has 2 N–H and O–H groups in total. The number of nitriles is 3. The van der Waals surface area contributed by atoms with Crippen LogP contribution >= 0.6 is 0 Å². The molecule has 1 aliphatic rings. The Morgan fingerprint density at radius 2 is 1.48 bits per heavy atom. The van der Waals surface area contributed by atoms with E-state index < -0.39 is 0 Å². The molecule has 0 saturated heterocycles. The van der Waals surface area contributed by atoms with E-state index in [1.54, 1.807) is 42.5 Å². The number of amides is 1. The number of anilines is 2. The summed E-state index contributed by atoms with van der Waals surface area (Å²) >= 11 is 0. The minimum Gasteiger partial charge on any atom is -0.345 e. The number of hydrogen-bond donors (Lipinski definition) is 2. The van der Waals surface area contributed by atoms with Gasteiger partial charge in [0.05, 0.1) is 0 Å². The van der Waals surface area contributed by atoms with Gasteiger partial charge in [-0.1, -0.05) is 0 Å². The average Bonchev–Trinajstić information content (AvgIpc) is 3.34. The zero-order chi connectivity index (χ0) is 15.2. The standard InChI is InChI=1S/C15H11N5O/c16-7-11(8-17)14(9-18)19-12-3-5-13(6-4-12)20-15(21)10-1-2-10/h3-6,10,19H,1-2H2,(H,20,21). The summed E-state index contributed by atoms with van der Waals surface area (Å²) in [5.41, 5.74) is 0.845. The Morgan fingerprint density at radius 3 is 1.90 bits per heavy atom. The maximum absolute atomic E-state index is 11.6.